The van der Waals surface area contributed by atoms with E-state index < -0.39 is 0 Å². The van der Waals surface area contributed by atoms with E-state index in [9.17, 15) is 0 Å². The largest absolute Gasteiger partial charge is 0.475 e. The maximum Gasteiger partial charge on any atom is 0.218 e. The van der Waals surface area contributed by atoms with Gasteiger partial charge in [-0.3, -0.25) is 4.99 Å². The third-order valence-electron chi connectivity index (χ3n) is 5.43. The average molecular weight is 427 g/mol. The van der Waals surface area contributed by atoms with E-state index in [1.807, 2.05) is 12.1 Å². The van der Waals surface area contributed by atoms with Crippen molar-refractivity contribution in [2.45, 2.75) is 32.4 Å². The zero-order valence-electron chi connectivity index (χ0n) is 18.8. The summed E-state index contributed by atoms with van der Waals surface area (Å²) in [7, 11) is 3.43. The van der Waals surface area contributed by atoms with Crippen LogP contribution in [0.5, 0.6) is 5.88 Å². The van der Waals surface area contributed by atoms with Crippen LogP contribution in [0.3, 0.4) is 0 Å². The molecule has 1 saturated heterocycles. The standard InChI is InChI=1S/C24H34N4O3/c1-18-8-10-19(11-9-18)22-20(7-5-13-30-22)16-27-24(25-2)28-17-21-6-4-12-26-23(21)31-15-14-29-3/h4,6,8-12,20,22H,5,7,13-17H2,1-3H3,(H2,25,27,28). The zero-order chi connectivity index (χ0) is 21.9. The predicted octanol–water partition coefficient (Wildman–Crippen LogP) is 3.25. The minimum absolute atomic E-state index is 0.110. The van der Waals surface area contributed by atoms with Crippen LogP contribution in [0, 0.1) is 12.8 Å². The van der Waals surface area contributed by atoms with Gasteiger partial charge in [-0.2, -0.15) is 0 Å². The van der Waals surface area contributed by atoms with Gasteiger partial charge in [-0.05, 0) is 31.4 Å². The van der Waals surface area contributed by atoms with Crippen molar-refractivity contribution in [3.05, 3.63) is 59.3 Å². The lowest BCUT2D eigenvalue weighted by molar-refractivity contribution is -0.0265. The Hall–Kier alpha value is -2.64. The van der Waals surface area contributed by atoms with Crippen LogP contribution in [0.25, 0.3) is 0 Å². The zero-order valence-corrected chi connectivity index (χ0v) is 18.8. The van der Waals surface area contributed by atoms with Gasteiger partial charge in [0.05, 0.1) is 12.7 Å². The monoisotopic (exact) mass is 426 g/mol. The first-order valence-electron chi connectivity index (χ1n) is 10.9. The normalized spacial score (nSPS) is 19.1. The lowest BCUT2D eigenvalue weighted by Gasteiger charge is -2.32. The molecule has 0 spiro atoms. The van der Waals surface area contributed by atoms with Gasteiger partial charge in [0, 0.05) is 51.5 Å². The van der Waals surface area contributed by atoms with Crippen molar-refractivity contribution in [2.24, 2.45) is 10.9 Å². The Morgan fingerprint density at radius 1 is 1.19 bits per heavy atom. The molecule has 1 aromatic heterocycles. The summed E-state index contributed by atoms with van der Waals surface area (Å²) in [5.41, 5.74) is 3.48. The topological polar surface area (TPSA) is 77.0 Å². The van der Waals surface area contributed by atoms with E-state index in [1.165, 1.54) is 11.1 Å². The van der Waals surface area contributed by atoms with E-state index in [0.29, 0.717) is 31.6 Å². The lowest BCUT2D eigenvalue weighted by atomic mass is 9.89. The van der Waals surface area contributed by atoms with E-state index in [-0.39, 0.29) is 6.10 Å². The number of ether oxygens (including phenoxy) is 3. The number of aryl methyl sites for hydroxylation is 1. The summed E-state index contributed by atoms with van der Waals surface area (Å²) in [5.74, 6) is 1.75. The second-order valence-electron chi connectivity index (χ2n) is 7.72. The summed E-state index contributed by atoms with van der Waals surface area (Å²) in [6.07, 6.45) is 4.05. The van der Waals surface area contributed by atoms with Gasteiger partial charge in [0.1, 0.15) is 6.61 Å². The van der Waals surface area contributed by atoms with Crippen LogP contribution < -0.4 is 15.4 Å². The Bertz CT molecular complexity index is 826. The van der Waals surface area contributed by atoms with Crippen LogP contribution in [-0.2, 0) is 16.0 Å². The summed E-state index contributed by atoms with van der Waals surface area (Å²) in [6.45, 7) is 5.28. The number of guanidine groups is 1. The fraction of sp³-hybridized carbons (Fsp3) is 0.500. The molecular weight excluding hydrogens is 392 g/mol. The first kappa shape index (κ1) is 23.0. The van der Waals surface area contributed by atoms with Crippen molar-refractivity contribution in [2.75, 3.05) is 40.5 Å². The van der Waals surface area contributed by atoms with E-state index in [2.05, 4.69) is 51.8 Å². The number of aromatic nitrogens is 1. The molecule has 2 unspecified atom stereocenters. The number of nitrogens with zero attached hydrogens (tertiary/aromatic N) is 2. The molecule has 1 aliphatic heterocycles. The molecule has 2 atom stereocenters. The van der Waals surface area contributed by atoms with E-state index in [0.717, 1.165) is 37.5 Å². The van der Waals surface area contributed by atoms with Crippen molar-refractivity contribution < 1.29 is 14.2 Å². The second kappa shape index (κ2) is 12.3. The molecule has 0 saturated carbocycles. The van der Waals surface area contributed by atoms with Crippen molar-refractivity contribution in [1.82, 2.24) is 15.6 Å². The van der Waals surface area contributed by atoms with Gasteiger partial charge in [0.25, 0.3) is 0 Å². The van der Waals surface area contributed by atoms with Crippen LogP contribution in [0.15, 0.2) is 47.6 Å². The molecule has 0 bridgehead atoms. The number of hydrogen-bond acceptors (Lipinski definition) is 5. The highest BCUT2D eigenvalue weighted by Gasteiger charge is 2.27. The van der Waals surface area contributed by atoms with E-state index >= 15 is 0 Å². The number of rotatable bonds is 9. The molecule has 2 N–H and O–H groups in total. The van der Waals surface area contributed by atoms with Gasteiger partial charge >= 0.3 is 0 Å². The molecule has 7 nitrogen and oxygen atoms in total. The fourth-order valence-corrected chi connectivity index (χ4v) is 3.71. The van der Waals surface area contributed by atoms with Crippen molar-refractivity contribution >= 4 is 5.96 Å². The Morgan fingerprint density at radius 3 is 2.81 bits per heavy atom. The maximum atomic E-state index is 6.14. The molecule has 0 radical (unpaired) electrons. The Kier molecular flexibility index (Phi) is 9.12. The molecular formula is C24H34N4O3. The quantitative estimate of drug-likeness (QED) is 0.364. The molecule has 1 fully saturated rings. The summed E-state index contributed by atoms with van der Waals surface area (Å²) >= 11 is 0. The van der Waals surface area contributed by atoms with Crippen molar-refractivity contribution in [3.63, 3.8) is 0 Å². The highest BCUT2D eigenvalue weighted by Crippen LogP contribution is 2.33. The third kappa shape index (κ3) is 6.94. The van der Waals surface area contributed by atoms with Crippen LogP contribution >= 0.6 is 0 Å². The Balaban J connectivity index is 1.55. The minimum Gasteiger partial charge on any atom is -0.475 e. The number of methoxy groups -OCH3 is 1. The molecule has 168 valence electrons. The lowest BCUT2D eigenvalue weighted by Crippen LogP contribution is -2.41. The molecule has 31 heavy (non-hydrogen) atoms. The molecule has 2 heterocycles. The first-order chi connectivity index (χ1) is 15.2. The first-order valence-corrected chi connectivity index (χ1v) is 10.9. The minimum atomic E-state index is 0.110. The number of benzene rings is 1. The number of hydrogen-bond donors (Lipinski definition) is 2. The number of nitrogens with one attached hydrogen (secondary N) is 2. The molecule has 3 rings (SSSR count). The predicted molar refractivity (Wildman–Crippen MR) is 122 cm³/mol. The SMILES string of the molecule is CN=C(NCc1cccnc1OCCOC)NCC1CCCOC1c1ccc(C)cc1. The molecule has 1 aliphatic rings. The molecule has 2 aromatic rings. The molecule has 1 aromatic carbocycles. The van der Waals surface area contributed by atoms with Crippen LogP contribution in [0.2, 0.25) is 0 Å². The van der Waals surface area contributed by atoms with Gasteiger partial charge in [-0.25, -0.2) is 4.98 Å². The number of pyridine rings is 1. The Labute approximate surface area is 185 Å². The fourth-order valence-electron chi connectivity index (χ4n) is 3.71. The van der Waals surface area contributed by atoms with E-state index in [1.54, 1.807) is 20.4 Å². The van der Waals surface area contributed by atoms with Gasteiger partial charge in [-0.15, -0.1) is 0 Å². The summed E-state index contributed by atoms with van der Waals surface area (Å²) < 4.78 is 16.9. The molecule has 0 aliphatic carbocycles. The van der Waals surface area contributed by atoms with Gasteiger partial charge in [0.15, 0.2) is 5.96 Å². The van der Waals surface area contributed by atoms with Gasteiger partial charge in [0.2, 0.25) is 5.88 Å². The second-order valence-corrected chi connectivity index (χ2v) is 7.72. The van der Waals surface area contributed by atoms with Crippen LogP contribution in [0.4, 0.5) is 0 Å². The number of aliphatic imine (C=N–C) groups is 1. The van der Waals surface area contributed by atoms with Gasteiger partial charge < -0.3 is 24.8 Å². The maximum absolute atomic E-state index is 6.14. The summed E-state index contributed by atoms with van der Waals surface area (Å²) in [6, 6.07) is 12.6. The van der Waals surface area contributed by atoms with Crippen LogP contribution in [-0.4, -0.2) is 51.5 Å². The smallest absolute Gasteiger partial charge is 0.218 e. The molecule has 7 heteroatoms. The highest BCUT2D eigenvalue weighted by atomic mass is 16.5. The summed E-state index contributed by atoms with van der Waals surface area (Å²) in [5, 5.41) is 6.83. The van der Waals surface area contributed by atoms with Crippen LogP contribution in [0.1, 0.15) is 35.6 Å². The summed E-state index contributed by atoms with van der Waals surface area (Å²) in [4.78, 5) is 8.70. The highest BCUT2D eigenvalue weighted by molar-refractivity contribution is 5.79. The van der Waals surface area contributed by atoms with Crippen molar-refractivity contribution in [3.8, 4) is 5.88 Å². The van der Waals surface area contributed by atoms with E-state index in [4.69, 9.17) is 14.2 Å². The third-order valence-corrected chi connectivity index (χ3v) is 5.43. The Morgan fingerprint density at radius 2 is 2.03 bits per heavy atom. The molecule has 0 amide bonds. The van der Waals surface area contributed by atoms with Crippen molar-refractivity contribution in [1.29, 1.82) is 0 Å². The van der Waals surface area contributed by atoms with Gasteiger partial charge in [-0.1, -0.05) is 35.9 Å². The average Bonchev–Trinajstić information content (AvgIpc) is 2.81.